The summed E-state index contributed by atoms with van der Waals surface area (Å²) in [5.41, 5.74) is 5.75. The fraction of sp³-hybridized carbons (Fsp3) is 0.905. The number of carbonyl (C=O) groups is 2. The van der Waals surface area contributed by atoms with E-state index < -0.39 is 6.04 Å². The molecule has 0 aromatic carbocycles. The first-order valence-corrected chi connectivity index (χ1v) is 10.7. The van der Waals surface area contributed by atoms with Crippen molar-refractivity contribution in [2.75, 3.05) is 13.2 Å². The molecule has 0 saturated carbocycles. The lowest BCUT2D eigenvalue weighted by molar-refractivity contribution is -0.146. The summed E-state index contributed by atoms with van der Waals surface area (Å²) in [7, 11) is 0. The average molecular weight is 372 g/mol. The third kappa shape index (κ3) is 16.4. The van der Waals surface area contributed by atoms with E-state index >= 15 is 0 Å². The van der Waals surface area contributed by atoms with Crippen LogP contribution < -0.4 is 5.73 Å². The lowest BCUT2D eigenvalue weighted by Crippen LogP contribution is -2.32. The van der Waals surface area contributed by atoms with Crippen molar-refractivity contribution in [2.24, 2.45) is 5.73 Å². The second kappa shape index (κ2) is 18.7. The Labute approximate surface area is 160 Å². The van der Waals surface area contributed by atoms with Gasteiger partial charge in [-0.25, -0.2) is 0 Å². The van der Waals surface area contributed by atoms with Crippen LogP contribution >= 0.6 is 0 Å². The summed E-state index contributed by atoms with van der Waals surface area (Å²) in [5, 5.41) is 0. The van der Waals surface area contributed by atoms with Crippen molar-refractivity contribution in [1.82, 2.24) is 0 Å². The van der Waals surface area contributed by atoms with E-state index in [-0.39, 0.29) is 11.9 Å². The van der Waals surface area contributed by atoms with Gasteiger partial charge >= 0.3 is 11.9 Å². The molecule has 0 radical (unpaired) electrons. The number of unbranched alkanes of at least 4 members (excludes halogenated alkanes) is 9. The van der Waals surface area contributed by atoms with Gasteiger partial charge in [0.2, 0.25) is 0 Å². The predicted octanol–water partition coefficient (Wildman–Crippen LogP) is 4.90. The quantitative estimate of drug-likeness (QED) is 0.274. The summed E-state index contributed by atoms with van der Waals surface area (Å²) in [4.78, 5) is 23.2. The highest BCUT2D eigenvalue weighted by Gasteiger charge is 2.13. The van der Waals surface area contributed by atoms with E-state index in [1.54, 1.807) is 0 Å². The lowest BCUT2D eigenvalue weighted by atomic mass is 10.1. The number of esters is 2. The Morgan fingerprint density at radius 3 is 1.92 bits per heavy atom. The molecule has 0 aromatic rings. The number of hydrogen-bond acceptors (Lipinski definition) is 5. The molecular formula is C21H41NO4. The Morgan fingerprint density at radius 1 is 0.731 bits per heavy atom. The van der Waals surface area contributed by atoms with E-state index in [0.29, 0.717) is 26.1 Å². The minimum Gasteiger partial charge on any atom is -0.466 e. The molecule has 1 atom stereocenters. The van der Waals surface area contributed by atoms with Crippen LogP contribution in [-0.4, -0.2) is 31.2 Å². The molecule has 0 aliphatic carbocycles. The van der Waals surface area contributed by atoms with E-state index in [1.165, 1.54) is 32.1 Å². The van der Waals surface area contributed by atoms with Crippen LogP contribution in [0, 0.1) is 0 Å². The van der Waals surface area contributed by atoms with Crippen LogP contribution in [0.1, 0.15) is 104 Å². The number of carbonyl (C=O) groups excluding carboxylic acids is 2. The topological polar surface area (TPSA) is 78.6 Å². The average Bonchev–Trinajstić information content (AvgIpc) is 2.64. The van der Waals surface area contributed by atoms with Gasteiger partial charge in [-0.3, -0.25) is 9.59 Å². The van der Waals surface area contributed by atoms with Crippen molar-refractivity contribution in [3.63, 3.8) is 0 Å². The van der Waals surface area contributed by atoms with Crippen molar-refractivity contribution >= 4 is 11.9 Å². The SMILES string of the molecule is CCCCCCCCCOC(=O)CCCCCOC(=O)C(N)CCCC. The molecule has 0 heterocycles. The van der Waals surface area contributed by atoms with Gasteiger partial charge in [-0.05, 0) is 32.1 Å². The normalized spacial score (nSPS) is 12.0. The first-order valence-electron chi connectivity index (χ1n) is 10.7. The number of hydrogen-bond donors (Lipinski definition) is 1. The van der Waals surface area contributed by atoms with Crippen molar-refractivity contribution < 1.29 is 19.1 Å². The summed E-state index contributed by atoms with van der Waals surface area (Å²) in [6.07, 6.45) is 14.0. The standard InChI is InChI=1S/C21H41NO4/c1-3-5-7-8-9-10-13-17-25-20(23)16-12-11-14-18-26-21(24)19(22)15-6-4-2/h19H,3-18,22H2,1-2H3. The van der Waals surface area contributed by atoms with Crippen LogP contribution in [0.15, 0.2) is 0 Å². The van der Waals surface area contributed by atoms with Crippen LogP contribution in [-0.2, 0) is 19.1 Å². The number of rotatable bonds is 18. The van der Waals surface area contributed by atoms with Gasteiger partial charge in [-0.2, -0.15) is 0 Å². The Hall–Kier alpha value is -1.10. The minimum absolute atomic E-state index is 0.116. The van der Waals surface area contributed by atoms with E-state index in [0.717, 1.165) is 44.9 Å². The second-order valence-electron chi connectivity index (χ2n) is 7.07. The van der Waals surface area contributed by atoms with Crippen molar-refractivity contribution in [1.29, 1.82) is 0 Å². The third-order valence-electron chi connectivity index (χ3n) is 4.45. The largest absolute Gasteiger partial charge is 0.466 e. The zero-order valence-electron chi connectivity index (χ0n) is 17.1. The Balaban J connectivity index is 3.37. The van der Waals surface area contributed by atoms with Crippen LogP contribution in [0.25, 0.3) is 0 Å². The number of nitrogens with two attached hydrogens (primary N) is 1. The molecule has 0 aromatic heterocycles. The summed E-state index contributed by atoms with van der Waals surface area (Å²) in [5.74, 6) is -0.429. The third-order valence-corrected chi connectivity index (χ3v) is 4.45. The summed E-state index contributed by atoms with van der Waals surface area (Å²) >= 11 is 0. The van der Waals surface area contributed by atoms with Gasteiger partial charge in [0.25, 0.3) is 0 Å². The molecule has 0 fully saturated rings. The Bertz CT molecular complexity index is 347. The zero-order valence-corrected chi connectivity index (χ0v) is 17.1. The van der Waals surface area contributed by atoms with Crippen molar-refractivity contribution in [3.8, 4) is 0 Å². The molecule has 5 nitrogen and oxygen atoms in total. The Kier molecular flexibility index (Phi) is 17.9. The molecule has 0 saturated heterocycles. The van der Waals surface area contributed by atoms with Crippen molar-refractivity contribution in [2.45, 2.75) is 110 Å². The molecule has 0 aliphatic heterocycles. The zero-order chi connectivity index (χ0) is 19.5. The smallest absolute Gasteiger partial charge is 0.322 e. The van der Waals surface area contributed by atoms with Gasteiger partial charge < -0.3 is 15.2 Å². The highest BCUT2D eigenvalue weighted by atomic mass is 16.5. The molecule has 5 heteroatoms. The van der Waals surface area contributed by atoms with E-state index in [1.807, 2.05) is 0 Å². The Morgan fingerprint density at radius 2 is 1.27 bits per heavy atom. The van der Waals surface area contributed by atoms with Crippen LogP contribution in [0.3, 0.4) is 0 Å². The summed E-state index contributed by atoms with van der Waals surface area (Å²) in [6.45, 7) is 5.21. The molecule has 1 unspecified atom stereocenters. The molecule has 0 spiro atoms. The molecule has 154 valence electrons. The van der Waals surface area contributed by atoms with Gasteiger partial charge in [0.1, 0.15) is 6.04 Å². The van der Waals surface area contributed by atoms with E-state index in [4.69, 9.17) is 15.2 Å². The molecule has 26 heavy (non-hydrogen) atoms. The minimum atomic E-state index is -0.503. The molecule has 2 N–H and O–H groups in total. The molecule has 0 amide bonds. The first-order chi connectivity index (χ1) is 12.6. The second-order valence-corrected chi connectivity index (χ2v) is 7.07. The highest BCUT2D eigenvalue weighted by Crippen LogP contribution is 2.08. The highest BCUT2D eigenvalue weighted by molar-refractivity contribution is 5.75. The van der Waals surface area contributed by atoms with Crippen LogP contribution in [0.5, 0.6) is 0 Å². The molecular weight excluding hydrogens is 330 g/mol. The fourth-order valence-electron chi connectivity index (χ4n) is 2.69. The maximum Gasteiger partial charge on any atom is 0.322 e. The maximum atomic E-state index is 11.6. The monoisotopic (exact) mass is 371 g/mol. The van der Waals surface area contributed by atoms with Crippen LogP contribution in [0.2, 0.25) is 0 Å². The summed E-state index contributed by atoms with van der Waals surface area (Å²) in [6, 6.07) is -0.503. The lowest BCUT2D eigenvalue weighted by Gasteiger charge is -2.10. The first kappa shape index (κ1) is 24.9. The van der Waals surface area contributed by atoms with Gasteiger partial charge in [0.05, 0.1) is 13.2 Å². The van der Waals surface area contributed by atoms with Gasteiger partial charge in [-0.15, -0.1) is 0 Å². The molecule has 0 aliphatic rings. The number of ether oxygens (including phenoxy) is 2. The van der Waals surface area contributed by atoms with E-state index in [9.17, 15) is 9.59 Å². The van der Waals surface area contributed by atoms with Gasteiger partial charge in [0, 0.05) is 6.42 Å². The van der Waals surface area contributed by atoms with E-state index in [2.05, 4.69) is 13.8 Å². The fourth-order valence-corrected chi connectivity index (χ4v) is 2.69. The van der Waals surface area contributed by atoms with Crippen molar-refractivity contribution in [3.05, 3.63) is 0 Å². The van der Waals surface area contributed by atoms with Gasteiger partial charge in [0.15, 0.2) is 0 Å². The predicted molar refractivity (Wildman–Crippen MR) is 106 cm³/mol. The summed E-state index contributed by atoms with van der Waals surface area (Å²) < 4.78 is 10.4. The molecule has 0 bridgehead atoms. The van der Waals surface area contributed by atoms with Gasteiger partial charge in [-0.1, -0.05) is 65.2 Å². The molecule has 0 rings (SSSR count). The van der Waals surface area contributed by atoms with Crippen LogP contribution in [0.4, 0.5) is 0 Å². The maximum absolute atomic E-state index is 11.6.